The number of ether oxygens (including phenoxy) is 1. The number of hydrogen-bond acceptors (Lipinski definition) is 6. The van der Waals surface area contributed by atoms with E-state index < -0.39 is 10.0 Å². The number of rotatable bonds is 10. The van der Waals surface area contributed by atoms with E-state index in [1.807, 2.05) is 0 Å². The van der Waals surface area contributed by atoms with Gasteiger partial charge in [0, 0.05) is 24.9 Å². The second-order valence-corrected chi connectivity index (χ2v) is 12.0. The summed E-state index contributed by atoms with van der Waals surface area (Å²) in [6.45, 7) is 0. The first kappa shape index (κ1) is 23.8. The highest BCUT2D eigenvalue weighted by molar-refractivity contribution is 7.92. The van der Waals surface area contributed by atoms with Crippen molar-refractivity contribution in [2.75, 3.05) is 7.11 Å². The third-order valence-corrected chi connectivity index (χ3v) is 10.1. The van der Waals surface area contributed by atoms with Gasteiger partial charge >= 0.3 is 5.97 Å². The quantitative estimate of drug-likeness (QED) is 0.306. The van der Waals surface area contributed by atoms with Crippen molar-refractivity contribution in [2.24, 2.45) is 17.8 Å². The number of nitrogens with one attached hydrogen (secondary N) is 1. The van der Waals surface area contributed by atoms with E-state index in [1.54, 1.807) is 18.2 Å². The molecule has 0 saturated heterocycles. The summed E-state index contributed by atoms with van der Waals surface area (Å²) in [6, 6.07) is 6.52. The Morgan fingerprint density at radius 1 is 1.18 bits per heavy atom. The maximum atomic E-state index is 13.0. The summed E-state index contributed by atoms with van der Waals surface area (Å²) in [7, 11) is -2.26. The number of esters is 1. The lowest BCUT2D eigenvalue weighted by atomic mass is 9.82. The van der Waals surface area contributed by atoms with Crippen LogP contribution in [0.3, 0.4) is 0 Å². The van der Waals surface area contributed by atoms with E-state index in [0.717, 1.165) is 47.4 Å². The molecule has 9 heteroatoms. The van der Waals surface area contributed by atoms with Crippen LogP contribution in [0.5, 0.6) is 0 Å². The number of carbonyl (C=O) groups excluding carboxylic acids is 2. The second-order valence-electron chi connectivity index (χ2n) is 8.81. The van der Waals surface area contributed by atoms with Crippen molar-refractivity contribution in [3.8, 4) is 0 Å². The van der Waals surface area contributed by atoms with Crippen molar-refractivity contribution in [3.05, 3.63) is 53.7 Å². The SMILES string of the molecule is COC(=O)CCC/C=C\C[C@H]1[C@@H]2CC[C@@H](C2)[C@H]1NC(=O)c1ccc(S(=O)(=O)n2cccc2)s1. The van der Waals surface area contributed by atoms with Gasteiger partial charge in [0.2, 0.25) is 0 Å². The predicted octanol–water partition coefficient (Wildman–Crippen LogP) is 4.22. The van der Waals surface area contributed by atoms with Gasteiger partial charge in [-0.1, -0.05) is 12.2 Å². The first-order valence-electron chi connectivity index (χ1n) is 11.4. The van der Waals surface area contributed by atoms with Crippen LogP contribution in [0.4, 0.5) is 0 Å². The normalized spacial score (nSPS) is 24.4. The Bertz CT molecular complexity index is 1100. The largest absolute Gasteiger partial charge is 0.469 e. The van der Waals surface area contributed by atoms with Crippen LogP contribution < -0.4 is 5.32 Å². The molecule has 0 spiro atoms. The lowest BCUT2D eigenvalue weighted by Crippen LogP contribution is -2.43. The van der Waals surface area contributed by atoms with Crippen molar-refractivity contribution < 1.29 is 22.7 Å². The fourth-order valence-electron chi connectivity index (χ4n) is 5.20. The van der Waals surface area contributed by atoms with Gasteiger partial charge in [-0.2, -0.15) is 8.42 Å². The van der Waals surface area contributed by atoms with Crippen LogP contribution >= 0.6 is 11.3 Å². The van der Waals surface area contributed by atoms with E-state index in [4.69, 9.17) is 0 Å². The summed E-state index contributed by atoms with van der Waals surface area (Å²) in [5, 5.41) is 3.23. The number of amides is 1. The maximum Gasteiger partial charge on any atom is 0.305 e. The van der Waals surface area contributed by atoms with Crippen LogP contribution in [0, 0.1) is 17.8 Å². The first-order valence-corrected chi connectivity index (χ1v) is 13.7. The zero-order valence-electron chi connectivity index (χ0n) is 18.7. The number of aromatic nitrogens is 1. The Labute approximate surface area is 198 Å². The summed E-state index contributed by atoms with van der Waals surface area (Å²) >= 11 is 1.01. The van der Waals surface area contributed by atoms with Gasteiger partial charge in [0.15, 0.2) is 0 Å². The summed E-state index contributed by atoms with van der Waals surface area (Å²) in [5.41, 5.74) is 0. The van der Waals surface area contributed by atoms with Crippen LogP contribution in [-0.4, -0.2) is 37.4 Å². The Morgan fingerprint density at radius 2 is 1.94 bits per heavy atom. The molecule has 1 N–H and O–H groups in total. The molecular weight excluding hydrogens is 460 g/mol. The van der Waals surface area contributed by atoms with Crippen LogP contribution in [0.15, 0.2) is 53.0 Å². The molecule has 2 fully saturated rings. The van der Waals surface area contributed by atoms with E-state index >= 15 is 0 Å². The zero-order valence-corrected chi connectivity index (χ0v) is 20.3. The third-order valence-electron chi connectivity index (χ3n) is 6.85. The van der Waals surface area contributed by atoms with E-state index in [9.17, 15) is 18.0 Å². The molecule has 4 rings (SSSR count). The van der Waals surface area contributed by atoms with E-state index in [2.05, 4.69) is 22.2 Å². The number of carbonyl (C=O) groups is 2. The lowest BCUT2D eigenvalue weighted by molar-refractivity contribution is -0.140. The number of nitrogens with zero attached hydrogens (tertiary/aromatic N) is 1. The molecule has 0 aromatic carbocycles. The molecule has 2 heterocycles. The highest BCUT2D eigenvalue weighted by atomic mass is 32.2. The van der Waals surface area contributed by atoms with Gasteiger partial charge in [0.05, 0.1) is 12.0 Å². The summed E-state index contributed by atoms with van der Waals surface area (Å²) in [4.78, 5) is 24.6. The molecule has 2 bridgehead atoms. The molecule has 178 valence electrons. The van der Waals surface area contributed by atoms with Crippen molar-refractivity contribution >= 4 is 33.2 Å². The van der Waals surface area contributed by atoms with Crippen LogP contribution in [-0.2, 0) is 19.6 Å². The predicted molar refractivity (Wildman–Crippen MR) is 127 cm³/mol. The fourth-order valence-corrected chi connectivity index (χ4v) is 7.70. The molecule has 2 aliphatic rings. The van der Waals surface area contributed by atoms with E-state index in [1.165, 1.54) is 32.0 Å². The van der Waals surface area contributed by atoms with Gasteiger partial charge in [-0.25, -0.2) is 3.97 Å². The van der Waals surface area contributed by atoms with Crippen molar-refractivity contribution in [1.82, 2.24) is 9.29 Å². The molecule has 2 aliphatic carbocycles. The smallest absolute Gasteiger partial charge is 0.305 e. The molecule has 2 saturated carbocycles. The van der Waals surface area contributed by atoms with Gasteiger partial charge in [0.25, 0.3) is 15.9 Å². The number of thiophene rings is 1. The monoisotopic (exact) mass is 490 g/mol. The Morgan fingerprint density at radius 3 is 2.70 bits per heavy atom. The number of methoxy groups -OCH3 is 1. The molecule has 4 atom stereocenters. The number of fused-ring (bicyclic) bond motifs is 2. The third kappa shape index (κ3) is 5.24. The lowest BCUT2D eigenvalue weighted by Gasteiger charge is -2.31. The minimum absolute atomic E-state index is 0.113. The first-order chi connectivity index (χ1) is 15.9. The topological polar surface area (TPSA) is 94.5 Å². The van der Waals surface area contributed by atoms with Gasteiger partial charge in [-0.3, -0.25) is 9.59 Å². The van der Waals surface area contributed by atoms with Crippen LogP contribution in [0.25, 0.3) is 0 Å². The Hall–Kier alpha value is -2.39. The summed E-state index contributed by atoms with van der Waals surface area (Å²) in [5.74, 6) is 1.12. The molecule has 2 aromatic rings. The minimum atomic E-state index is -3.66. The van der Waals surface area contributed by atoms with Crippen molar-refractivity contribution in [1.29, 1.82) is 0 Å². The molecule has 0 radical (unpaired) electrons. The standard InChI is InChI=1S/C24H30N2O5S2/c1-31-21(27)9-5-3-2-4-8-19-17-10-11-18(16-17)23(19)25-24(28)20-12-13-22(32-20)33(29,30)26-14-6-7-15-26/h2,4,6-7,12-15,17-19,23H,3,5,8-11,16H2,1H3,(H,25,28)/b4-2-/t17-,18+,19+,23-/m1/s1. The van der Waals surface area contributed by atoms with Gasteiger partial charge in [-0.05, 0) is 80.5 Å². The Balaban J connectivity index is 1.36. The summed E-state index contributed by atoms with van der Waals surface area (Å²) in [6.07, 6.45) is 13.7. The van der Waals surface area contributed by atoms with Gasteiger partial charge < -0.3 is 10.1 Å². The number of allylic oxidation sites excluding steroid dienone is 2. The average Bonchev–Trinajstić information content (AvgIpc) is 3.60. The molecular formula is C24H30N2O5S2. The maximum absolute atomic E-state index is 13.0. The number of hydrogen-bond donors (Lipinski definition) is 1. The van der Waals surface area contributed by atoms with Gasteiger partial charge in [-0.15, -0.1) is 11.3 Å². The molecule has 7 nitrogen and oxygen atoms in total. The Kier molecular flexibility index (Phi) is 7.38. The second kappa shape index (κ2) is 10.3. The molecule has 1 amide bonds. The minimum Gasteiger partial charge on any atom is -0.469 e. The van der Waals surface area contributed by atoms with Gasteiger partial charge in [0.1, 0.15) is 4.21 Å². The average molecular weight is 491 g/mol. The van der Waals surface area contributed by atoms with Crippen molar-refractivity contribution in [2.45, 2.75) is 55.2 Å². The highest BCUT2D eigenvalue weighted by Gasteiger charge is 2.47. The fraction of sp³-hybridized carbons (Fsp3) is 0.500. The zero-order chi connectivity index (χ0) is 23.4. The molecule has 0 aliphatic heterocycles. The molecule has 33 heavy (non-hydrogen) atoms. The molecule has 0 unspecified atom stereocenters. The highest BCUT2D eigenvalue weighted by Crippen LogP contribution is 2.50. The van der Waals surface area contributed by atoms with E-state index in [-0.39, 0.29) is 22.1 Å². The van der Waals surface area contributed by atoms with E-state index in [0.29, 0.717) is 29.1 Å². The number of unbranched alkanes of at least 4 members (excludes halogenated alkanes) is 1. The van der Waals surface area contributed by atoms with Crippen molar-refractivity contribution in [3.63, 3.8) is 0 Å². The van der Waals surface area contributed by atoms with Crippen LogP contribution in [0.2, 0.25) is 0 Å². The van der Waals surface area contributed by atoms with Crippen LogP contribution in [0.1, 0.15) is 54.6 Å². The summed E-state index contributed by atoms with van der Waals surface area (Å²) < 4.78 is 31.3. The molecule has 2 aromatic heterocycles.